The Kier molecular flexibility index (Phi) is 5.82. The van der Waals surface area contributed by atoms with Crippen molar-refractivity contribution in [2.75, 3.05) is 18.4 Å². The zero-order chi connectivity index (χ0) is 15.1. The van der Waals surface area contributed by atoms with E-state index >= 15 is 0 Å². The van der Waals surface area contributed by atoms with E-state index in [4.69, 9.17) is 0 Å². The van der Waals surface area contributed by atoms with Gasteiger partial charge in [-0.05, 0) is 43.3 Å². The summed E-state index contributed by atoms with van der Waals surface area (Å²) in [7, 11) is 0. The van der Waals surface area contributed by atoms with Crippen molar-refractivity contribution in [1.82, 2.24) is 4.90 Å². The molecule has 0 aliphatic rings. The van der Waals surface area contributed by atoms with Gasteiger partial charge in [0, 0.05) is 18.3 Å². The topological polar surface area (TPSA) is 15.3 Å². The van der Waals surface area contributed by atoms with E-state index in [0.29, 0.717) is 6.04 Å². The fourth-order valence-electron chi connectivity index (χ4n) is 2.54. The number of anilines is 1. The number of nitrogens with one attached hydrogen (secondary N) is 1. The summed E-state index contributed by atoms with van der Waals surface area (Å²) in [6.07, 6.45) is 0. The minimum Gasteiger partial charge on any atom is -0.379 e. The van der Waals surface area contributed by atoms with Crippen molar-refractivity contribution in [3.8, 4) is 0 Å². The fourth-order valence-corrected chi connectivity index (χ4v) is 2.54. The van der Waals surface area contributed by atoms with Crippen LogP contribution in [0.1, 0.15) is 37.9 Å². The van der Waals surface area contributed by atoms with Crippen LogP contribution in [0.5, 0.6) is 0 Å². The van der Waals surface area contributed by atoms with Crippen LogP contribution >= 0.6 is 0 Å². The lowest BCUT2D eigenvalue weighted by Crippen LogP contribution is -2.22. The van der Waals surface area contributed by atoms with Crippen molar-refractivity contribution in [2.24, 2.45) is 0 Å². The number of rotatable bonds is 7. The Morgan fingerprint density at radius 3 is 2.33 bits per heavy atom. The number of hydrogen-bond acceptors (Lipinski definition) is 2. The molecule has 0 bridgehead atoms. The molecule has 21 heavy (non-hydrogen) atoms. The highest BCUT2D eigenvalue weighted by Gasteiger charge is 2.06. The Morgan fingerprint density at radius 2 is 1.67 bits per heavy atom. The predicted molar refractivity (Wildman–Crippen MR) is 91.5 cm³/mol. The monoisotopic (exact) mass is 282 g/mol. The molecule has 0 aliphatic heterocycles. The Bertz CT molecular complexity index is 532. The van der Waals surface area contributed by atoms with Gasteiger partial charge in [0.1, 0.15) is 0 Å². The van der Waals surface area contributed by atoms with Crippen LogP contribution in [0.2, 0.25) is 0 Å². The first kappa shape index (κ1) is 15.6. The molecule has 1 atom stereocenters. The van der Waals surface area contributed by atoms with E-state index in [2.05, 4.69) is 85.6 Å². The molecule has 2 aromatic rings. The van der Waals surface area contributed by atoms with Gasteiger partial charge in [0.2, 0.25) is 0 Å². The van der Waals surface area contributed by atoms with Crippen LogP contribution in [-0.4, -0.2) is 18.0 Å². The van der Waals surface area contributed by atoms with Crippen LogP contribution in [-0.2, 0) is 6.54 Å². The Balaban J connectivity index is 2.04. The normalized spacial score (nSPS) is 12.4. The molecule has 0 radical (unpaired) electrons. The van der Waals surface area contributed by atoms with Gasteiger partial charge in [0.25, 0.3) is 0 Å². The van der Waals surface area contributed by atoms with Gasteiger partial charge >= 0.3 is 0 Å². The maximum absolute atomic E-state index is 3.59. The fraction of sp³-hybridized carbons (Fsp3) is 0.368. The summed E-state index contributed by atoms with van der Waals surface area (Å²) in [5.74, 6) is 0. The third-order valence-electron chi connectivity index (χ3n) is 3.91. The van der Waals surface area contributed by atoms with Crippen molar-refractivity contribution in [3.63, 3.8) is 0 Å². The van der Waals surface area contributed by atoms with Crippen molar-refractivity contribution < 1.29 is 0 Å². The maximum atomic E-state index is 3.59. The molecule has 0 amide bonds. The van der Waals surface area contributed by atoms with Gasteiger partial charge in [0.15, 0.2) is 0 Å². The highest BCUT2D eigenvalue weighted by molar-refractivity contribution is 5.47. The molecule has 0 heterocycles. The van der Waals surface area contributed by atoms with E-state index in [1.165, 1.54) is 16.8 Å². The Labute approximate surface area is 128 Å². The molecule has 2 rings (SSSR count). The number of benzene rings is 2. The number of nitrogens with zero attached hydrogens (tertiary/aromatic N) is 1. The summed E-state index contributed by atoms with van der Waals surface area (Å²) in [4.78, 5) is 2.43. The van der Waals surface area contributed by atoms with E-state index in [9.17, 15) is 0 Å². The van der Waals surface area contributed by atoms with Gasteiger partial charge in [-0.15, -0.1) is 0 Å². The van der Waals surface area contributed by atoms with Gasteiger partial charge < -0.3 is 5.32 Å². The first-order chi connectivity index (χ1) is 10.2. The van der Waals surface area contributed by atoms with Crippen molar-refractivity contribution in [1.29, 1.82) is 0 Å². The molecule has 2 nitrogen and oxygen atoms in total. The zero-order valence-electron chi connectivity index (χ0n) is 13.3. The summed E-state index contributed by atoms with van der Waals surface area (Å²) in [5, 5.41) is 3.59. The third kappa shape index (κ3) is 4.61. The highest BCUT2D eigenvalue weighted by Crippen LogP contribution is 2.20. The van der Waals surface area contributed by atoms with Crippen LogP contribution < -0.4 is 5.32 Å². The average molecular weight is 282 g/mol. The predicted octanol–water partition coefficient (Wildman–Crippen LogP) is 4.70. The second kappa shape index (κ2) is 7.84. The average Bonchev–Trinajstić information content (AvgIpc) is 2.53. The lowest BCUT2D eigenvalue weighted by molar-refractivity contribution is 0.296. The minimum atomic E-state index is 0.315. The molecule has 0 aromatic heterocycles. The molecular weight excluding hydrogens is 256 g/mol. The van der Waals surface area contributed by atoms with Crippen LogP contribution in [0.3, 0.4) is 0 Å². The Morgan fingerprint density at radius 1 is 0.952 bits per heavy atom. The van der Waals surface area contributed by atoms with E-state index < -0.39 is 0 Å². The first-order valence-corrected chi connectivity index (χ1v) is 7.85. The van der Waals surface area contributed by atoms with Gasteiger partial charge in [-0.3, -0.25) is 4.90 Å². The van der Waals surface area contributed by atoms with Gasteiger partial charge in [-0.25, -0.2) is 0 Å². The van der Waals surface area contributed by atoms with Crippen LogP contribution in [0.25, 0.3) is 0 Å². The van der Waals surface area contributed by atoms with E-state index in [1.807, 2.05) is 0 Å². The standard InChI is InChI=1S/C19H26N2/c1-4-21(5-2)15-17-10-9-13-19(14-17)20-16(3)18-11-7-6-8-12-18/h6-14,16,20H,4-5,15H2,1-3H3. The van der Waals surface area contributed by atoms with E-state index in [-0.39, 0.29) is 0 Å². The van der Waals surface area contributed by atoms with Gasteiger partial charge in [-0.2, -0.15) is 0 Å². The summed E-state index contributed by atoms with van der Waals surface area (Å²) < 4.78 is 0. The quantitative estimate of drug-likeness (QED) is 0.791. The molecule has 2 aromatic carbocycles. The van der Waals surface area contributed by atoms with Crippen molar-refractivity contribution in [3.05, 3.63) is 65.7 Å². The largest absolute Gasteiger partial charge is 0.379 e. The summed E-state index contributed by atoms with van der Waals surface area (Å²) in [6, 6.07) is 19.6. The molecule has 112 valence electrons. The molecular formula is C19H26N2. The molecule has 0 fully saturated rings. The van der Waals surface area contributed by atoms with Crippen LogP contribution in [0.15, 0.2) is 54.6 Å². The van der Waals surface area contributed by atoms with Crippen LogP contribution in [0, 0.1) is 0 Å². The van der Waals surface area contributed by atoms with Gasteiger partial charge in [0.05, 0.1) is 0 Å². The van der Waals surface area contributed by atoms with Crippen molar-refractivity contribution >= 4 is 5.69 Å². The molecule has 1 N–H and O–H groups in total. The zero-order valence-corrected chi connectivity index (χ0v) is 13.3. The highest BCUT2D eigenvalue weighted by atomic mass is 15.1. The molecule has 0 saturated carbocycles. The summed E-state index contributed by atoms with van der Waals surface area (Å²) in [5.41, 5.74) is 3.87. The Hall–Kier alpha value is -1.80. The molecule has 0 aliphatic carbocycles. The van der Waals surface area contributed by atoms with E-state index in [0.717, 1.165) is 19.6 Å². The lowest BCUT2D eigenvalue weighted by Gasteiger charge is -2.20. The third-order valence-corrected chi connectivity index (χ3v) is 3.91. The van der Waals surface area contributed by atoms with Gasteiger partial charge in [-0.1, -0.05) is 56.3 Å². The SMILES string of the molecule is CCN(CC)Cc1cccc(NC(C)c2ccccc2)c1. The van der Waals surface area contributed by atoms with Crippen molar-refractivity contribution in [2.45, 2.75) is 33.4 Å². The molecule has 0 spiro atoms. The number of hydrogen-bond donors (Lipinski definition) is 1. The second-order valence-electron chi connectivity index (χ2n) is 5.44. The van der Waals surface area contributed by atoms with Crippen LogP contribution in [0.4, 0.5) is 5.69 Å². The summed E-state index contributed by atoms with van der Waals surface area (Å²) in [6.45, 7) is 9.82. The minimum absolute atomic E-state index is 0.315. The maximum Gasteiger partial charge on any atom is 0.0485 e. The second-order valence-corrected chi connectivity index (χ2v) is 5.44. The smallest absolute Gasteiger partial charge is 0.0485 e. The molecule has 1 unspecified atom stereocenters. The lowest BCUT2D eigenvalue weighted by atomic mass is 10.1. The summed E-state index contributed by atoms with van der Waals surface area (Å²) >= 11 is 0. The first-order valence-electron chi connectivity index (χ1n) is 7.85. The molecule has 2 heteroatoms. The van der Waals surface area contributed by atoms with E-state index in [1.54, 1.807) is 0 Å². The molecule has 0 saturated heterocycles.